The van der Waals surface area contributed by atoms with Gasteiger partial charge >= 0.3 is 0 Å². The maximum atomic E-state index is 12.8. The zero-order chi connectivity index (χ0) is 21.1. The second-order valence-corrected chi connectivity index (χ2v) is 7.31. The number of hydrazone groups is 1. The smallest absolute Gasteiger partial charge is 0.271 e. The summed E-state index contributed by atoms with van der Waals surface area (Å²) in [4.78, 5) is 29.1. The third-order valence-electron chi connectivity index (χ3n) is 5.15. The van der Waals surface area contributed by atoms with E-state index in [0.717, 1.165) is 23.6 Å². The van der Waals surface area contributed by atoms with Crippen molar-refractivity contribution in [1.82, 2.24) is 9.55 Å². The Balaban J connectivity index is 1.45. The molecule has 7 nitrogen and oxygen atoms in total. The highest BCUT2D eigenvalue weighted by Crippen LogP contribution is 2.25. The largest absolute Gasteiger partial charge is 0.331 e. The number of ketones is 1. The third kappa shape index (κ3) is 4.15. The van der Waals surface area contributed by atoms with Crippen molar-refractivity contribution < 1.29 is 9.59 Å². The van der Waals surface area contributed by atoms with Crippen molar-refractivity contribution in [3.8, 4) is 0 Å². The molecule has 0 radical (unpaired) electrons. The predicted molar refractivity (Wildman–Crippen MR) is 117 cm³/mol. The summed E-state index contributed by atoms with van der Waals surface area (Å²) >= 11 is 0. The first-order chi connectivity index (χ1) is 14.5. The Labute approximate surface area is 175 Å². The maximum Gasteiger partial charge on any atom is 0.271 e. The zero-order valence-electron chi connectivity index (χ0n) is 16.9. The number of hydrogen-bond acceptors (Lipinski definition) is 5. The molecular weight excluding hydrogens is 378 g/mol. The number of rotatable bonds is 6. The highest BCUT2D eigenvalue weighted by Gasteiger charge is 2.34. The molecule has 0 fully saturated rings. The Morgan fingerprint density at radius 1 is 1.10 bits per heavy atom. The molecule has 1 atom stereocenters. The van der Waals surface area contributed by atoms with Crippen molar-refractivity contribution in [2.75, 3.05) is 10.3 Å². The monoisotopic (exact) mass is 401 g/mol. The van der Waals surface area contributed by atoms with Crippen molar-refractivity contribution in [3.63, 3.8) is 0 Å². The van der Waals surface area contributed by atoms with Crippen molar-refractivity contribution in [1.29, 1.82) is 0 Å². The number of aromatic nitrogens is 2. The van der Waals surface area contributed by atoms with Crippen LogP contribution < -0.4 is 10.3 Å². The summed E-state index contributed by atoms with van der Waals surface area (Å²) in [6.07, 6.45) is 4.00. The molecule has 1 amide bonds. The lowest BCUT2D eigenvalue weighted by atomic mass is 10.1. The molecule has 0 spiro atoms. The SMILES string of the molecule is CC(=O)C1CC(C(=O)Nc2ccc(Cn3ccnc3C)cc2)=NN1c1ccccc1. The first-order valence-electron chi connectivity index (χ1n) is 9.81. The van der Waals surface area contributed by atoms with Crippen molar-refractivity contribution >= 4 is 28.8 Å². The molecule has 30 heavy (non-hydrogen) atoms. The predicted octanol–water partition coefficient (Wildman–Crippen LogP) is 3.40. The van der Waals surface area contributed by atoms with Gasteiger partial charge in [-0.25, -0.2) is 4.98 Å². The summed E-state index contributed by atoms with van der Waals surface area (Å²) in [6, 6.07) is 16.6. The normalized spacial score (nSPS) is 15.7. The summed E-state index contributed by atoms with van der Waals surface area (Å²) in [5.41, 5.74) is 2.93. The van der Waals surface area contributed by atoms with Gasteiger partial charge < -0.3 is 9.88 Å². The van der Waals surface area contributed by atoms with Crippen LogP contribution in [0.1, 0.15) is 24.7 Å². The van der Waals surface area contributed by atoms with Crippen LogP contribution >= 0.6 is 0 Å². The van der Waals surface area contributed by atoms with Gasteiger partial charge in [0.05, 0.1) is 5.69 Å². The van der Waals surface area contributed by atoms with E-state index in [-0.39, 0.29) is 18.1 Å². The van der Waals surface area contributed by atoms with Gasteiger partial charge in [-0.15, -0.1) is 0 Å². The van der Waals surface area contributed by atoms with Gasteiger partial charge in [-0.3, -0.25) is 14.6 Å². The van der Waals surface area contributed by atoms with Crippen LogP contribution in [0.2, 0.25) is 0 Å². The molecule has 7 heteroatoms. The van der Waals surface area contributed by atoms with Gasteiger partial charge in [-0.05, 0) is 43.7 Å². The highest BCUT2D eigenvalue weighted by atomic mass is 16.2. The van der Waals surface area contributed by atoms with Crippen LogP contribution in [0.15, 0.2) is 72.1 Å². The molecule has 4 rings (SSSR count). The van der Waals surface area contributed by atoms with E-state index < -0.39 is 6.04 Å². The van der Waals surface area contributed by atoms with E-state index in [9.17, 15) is 9.59 Å². The van der Waals surface area contributed by atoms with Crippen LogP contribution in [-0.2, 0) is 16.1 Å². The third-order valence-corrected chi connectivity index (χ3v) is 5.15. The number of imidazole rings is 1. The number of carbonyl (C=O) groups is 2. The van der Waals surface area contributed by atoms with E-state index in [4.69, 9.17) is 0 Å². The van der Waals surface area contributed by atoms with Gasteiger partial charge in [0.25, 0.3) is 5.91 Å². The van der Waals surface area contributed by atoms with E-state index in [1.54, 1.807) is 11.2 Å². The molecule has 1 aliphatic heterocycles. The molecule has 152 valence electrons. The number of amides is 1. The number of anilines is 2. The topological polar surface area (TPSA) is 79.6 Å². The van der Waals surface area contributed by atoms with Gasteiger partial charge in [-0.2, -0.15) is 5.10 Å². The number of Topliss-reactive ketones (excluding diaryl/α,β-unsaturated/α-hetero) is 1. The molecule has 2 heterocycles. The second kappa shape index (κ2) is 8.32. The summed E-state index contributed by atoms with van der Waals surface area (Å²) in [5.74, 6) is 0.636. The van der Waals surface area contributed by atoms with E-state index in [1.165, 1.54) is 6.92 Å². The Kier molecular flexibility index (Phi) is 5.43. The summed E-state index contributed by atoms with van der Waals surface area (Å²) in [5, 5.41) is 8.96. The average molecular weight is 401 g/mol. The fraction of sp³-hybridized carbons (Fsp3) is 0.217. The Hall–Kier alpha value is -3.74. The Bertz CT molecular complexity index is 1090. The first-order valence-corrected chi connectivity index (χ1v) is 9.81. The number of aryl methyl sites for hydroxylation is 1. The van der Waals surface area contributed by atoms with Gasteiger partial charge in [0.2, 0.25) is 0 Å². The lowest BCUT2D eigenvalue weighted by Crippen LogP contribution is -2.33. The minimum absolute atomic E-state index is 0.0236. The number of carbonyl (C=O) groups excluding carboxylic acids is 2. The van der Waals surface area contributed by atoms with E-state index >= 15 is 0 Å². The highest BCUT2D eigenvalue weighted by molar-refractivity contribution is 6.44. The molecule has 1 unspecified atom stereocenters. The molecule has 3 aromatic rings. The van der Waals surface area contributed by atoms with Crippen LogP contribution in [0.3, 0.4) is 0 Å². The van der Waals surface area contributed by atoms with Crippen LogP contribution in [0.25, 0.3) is 0 Å². The van der Waals surface area contributed by atoms with Crippen molar-refractivity contribution in [2.45, 2.75) is 32.9 Å². The average Bonchev–Trinajstić information content (AvgIpc) is 3.37. The minimum atomic E-state index is -0.464. The molecule has 0 aliphatic carbocycles. The van der Waals surface area contributed by atoms with Crippen LogP contribution in [0.4, 0.5) is 11.4 Å². The van der Waals surface area contributed by atoms with Crippen LogP contribution in [0, 0.1) is 6.92 Å². The standard InChI is InChI=1S/C23H23N5O2/c1-16(29)22-14-21(26-28(22)20-6-4-3-5-7-20)23(30)25-19-10-8-18(9-11-19)15-27-13-12-24-17(27)2/h3-13,22H,14-15H2,1-2H3,(H,25,30). The van der Waals surface area contributed by atoms with Crippen molar-refractivity contribution in [3.05, 3.63) is 78.4 Å². The van der Waals surface area contributed by atoms with Gasteiger partial charge in [0.15, 0.2) is 5.78 Å². The van der Waals surface area contributed by atoms with Crippen LogP contribution in [-0.4, -0.2) is 33.0 Å². The molecule has 2 aromatic carbocycles. The summed E-state index contributed by atoms with van der Waals surface area (Å²) in [7, 11) is 0. The number of para-hydroxylation sites is 1. The first kappa shape index (κ1) is 19.6. The number of hydrogen-bond donors (Lipinski definition) is 1. The van der Waals surface area contributed by atoms with E-state index in [2.05, 4.69) is 20.0 Å². The zero-order valence-corrected chi connectivity index (χ0v) is 16.9. The molecular formula is C23H23N5O2. The summed E-state index contributed by atoms with van der Waals surface area (Å²) < 4.78 is 2.06. The Morgan fingerprint density at radius 2 is 1.83 bits per heavy atom. The molecule has 1 N–H and O–H groups in total. The van der Waals surface area contributed by atoms with Gasteiger partial charge in [0, 0.05) is 31.0 Å². The van der Waals surface area contributed by atoms with Crippen LogP contribution in [0.5, 0.6) is 0 Å². The lowest BCUT2D eigenvalue weighted by Gasteiger charge is -2.20. The molecule has 1 aromatic heterocycles. The summed E-state index contributed by atoms with van der Waals surface area (Å²) in [6.45, 7) is 4.21. The molecule has 0 bridgehead atoms. The molecule has 0 saturated carbocycles. The number of nitrogens with one attached hydrogen (secondary N) is 1. The molecule has 1 aliphatic rings. The quantitative estimate of drug-likeness (QED) is 0.687. The fourth-order valence-electron chi connectivity index (χ4n) is 3.45. The molecule has 0 saturated heterocycles. The number of nitrogens with zero attached hydrogens (tertiary/aromatic N) is 4. The lowest BCUT2D eigenvalue weighted by molar-refractivity contribution is -0.118. The van der Waals surface area contributed by atoms with Gasteiger partial charge in [-0.1, -0.05) is 30.3 Å². The van der Waals surface area contributed by atoms with Gasteiger partial charge in [0.1, 0.15) is 17.6 Å². The fourth-order valence-corrected chi connectivity index (χ4v) is 3.45. The van der Waals surface area contributed by atoms with E-state index in [1.807, 2.05) is 67.7 Å². The van der Waals surface area contributed by atoms with Crippen molar-refractivity contribution in [2.24, 2.45) is 5.10 Å². The Morgan fingerprint density at radius 3 is 2.47 bits per heavy atom. The number of benzene rings is 2. The maximum absolute atomic E-state index is 12.8. The minimum Gasteiger partial charge on any atom is -0.331 e. The van der Waals surface area contributed by atoms with E-state index in [0.29, 0.717) is 11.4 Å². The second-order valence-electron chi connectivity index (χ2n) is 7.31.